The first kappa shape index (κ1) is 11.0. The van der Waals surface area contributed by atoms with Crippen molar-refractivity contribution in [3.63, 3.8) is 0 Å². The number of aliphatic imine (C=N–C) groups is 1. The summed E-state index contributed by atoms with van der Waals surface area (Å²) in [6.07, 6.45) is 0. The molecular formula is C13H18N2O. The summed E-state index contributed by atoms with van der Waals surface area (Å²) in [5, 5.41) is 3.26. The third kappa shape index (κ3) is 2.75. The summed E-state index contributed by atoms with van der Waals surface area (Å²) in [5.41, 5.74) is 1.11. The molecule has 0 radical (unpaired) electrons. The fourth-order valence-corrected chi connectivity index (χ4v) is 1.59. The smallest absolute Gasteiger partial charge is 0.128 e. The Hall–Kier alpha value is -1.51. The van der Waals surface area contributed by atoms with Gasteiger partial charge in [0.05, 0.1) is 13.2 Å². The average molecular weight is 218 g/mol. The van der Waals surface area contributed by atoms with Gasteiger partial charge in [-0.25, -0.2) is 0 Å². The highest BCUT2D eigenvalue weighted by atomic mass is 16.5. The Balaban J connectivity index is 2.07. The van der Waals surface area contributed by atoms with E-state index in [1.165, 1.54) is 0 Å². The molecule has 3 heteroatoms. The van der Waals surface area contributed by atoms with E-state index in [0.717, 1.165) is 36.8 Å². The lowest BCUT2D eigenvalue weighted by atomic mass is 10.2. The van der Waals surface area contributed by atoms with E-state index >= 15 is 0 Å². The summed E-state index contributed by atoms with van der Waals surface area (Å²) < 4.78 is 5.68. The Morgan fingerprint density at radius 1 is 1.44 bits per heavy atom. The highest BCUT2D eigenvalue weighted by Gasteiger charge is 2.08. The molecule has 1 aliphatic heterocycles. The molecule has 0 aliphatic carbocycles. The van der Waals surface area contributed by atoms with Crippen molar-refractivity contribution in [1.82, 2.24) is 5.32 Å². The second-order valence-corrected chi connectivity index (χ2v) is 4.39. The van der Waals surface area contributed by atoms with Gasteiger partial charge in [0, 0.05) is 12.1 Å². The maximum atomic E-state index is 5.68. The van der Waals surface area contributed by atoms with Gasteiger partial charge in [-0.05, 0) is 18.1 Å². The standard InChI is InChI=1S/C13H18N2O/c1-10(2)9-16-12-5-3-4-11(8-12)13-14-6-7-15-13/h3-5,8,10H,6-7,9H2,1-2H3,(H,14,15). The molecule has 1 N–H and O–H groups in total. The zero-order valence-electron chi connectivity index (χ0n) is 9.86. The molecule has 86 valence electrons. The van der Waals surface area contributed by atoms with Crippen LogP contribution in [0.3, 0.4) is 0 Å². The zero-order valence-corrected chi connectivity index (χ0v) is 9.86. The number of hydrogen-bond donors (Lipinski definition) is 1. The van der Waals surface area contributed by atoms with Crippen molar-refractivity contribution in [3.05, 3.63) is 29.8 Å². The molecule has 1 heterocycles. The molecule has 16 heavy (non-hydrogen) atoms. The molecule has 0 saturated carbocycles. The largest absolute Gasteiger partial charge is 0.493 e. The van der Waals surface area contributed by atoms with Crippen LogP contribution in [0.15, 0.2) is 29.3 Å². The van der Waals surface area contributed by atoms with Gasteiger partial charge in [0.15, 0.2) is 0 Å². The van der Waals surface area contributed by atoms with E-state index in [2.05, 4.69) is 30.2 Å². The SMILES string of the molecule is CC(C)COc1cccc(C2=NCCN2)c1. The molecule has 1 aromatic carbocycles. The van der Waals surface area contributed by atoms with Crippen LogP contribution in [0.2, 0.25) is 0 Å². The molecule has 0 saturated heterocycles. The van der Waals surface area contributed by atoms with Crippen molar-refractivity contribution < 1.29 is 4.74 Å². The van der Waals surface area contributed by atoms with Crippen molar-refractivity contribution >= 4 is 5.84 Å². The number of rotatable bonds is 4. The van der Waals surface area contributed by atoms with Crippen molar-refractivity contribution in [2.75, 3.05) is 19.7 Å². The molecule has 0 amide bonds. The maximum Gasteiger partial charge on any atom is 0.128 e. The number of nitrogens with zero attached hydrogens (tertiary/aromatic N) is 1. The summed E-state index contributed by atoms with van der Waals surface area (Å²) in [7, 11) is 0. The third-order valence-electron chi connectivity index (χ3n) is 2.36. The average Bonchev–Trinajstić information content (AvgIpc) is 2.80. The lowest BCUT2D eigenvalue weighted by Gasteiger charge is -2.10. The molecule has 0 aromatic heterocycles. The quantitative estimate of drug-likeness (QED) is 0.839. The normalized spacial score (nSPS) is 14.8. The number of amidine groups is 1. The van der Waals surface area contributed by atoms with E-state index in [4.69, 9.17) is 4.74 Å². The predicted molar refractivity (Wildman–Crippen MR) is 66.2 cm³/mol. The van der Waals surface area contributed by atoms with E-state index in [0.29, 0.717) is 5.92 Å². The molecule has 0 bridgehead atoms. The maximum absolute atomic E-state index is 5.68. The number of ether oxygens (including phenoxy) is 1. The minimum Gasteiger partial charge on any atom is -0.493 e. The fraction of sp³-hybridized carbons (Fsp3) is 0.462. The monoisotopic (exact) mass is 218 g/mol. The Bertz CT molecular complexity index is 385. The molecule has 0 spiro atoms. The van der Waals surface area contributed by atoms with Gasteiger partial charge >= 0.3 is 0 Å². The molecule has 0 unspecified atom stereocenters. The van der Waals surface area contributed by atoms with E-state index in [9.17, 15) is 0 Å². The second-order valence-electron chi connectivity index (χ2n) is 4.39. The summed E-state index contributed by atoms with van der Waals surface area (Å²) in [5.74, 6) is 2.45. The van der Waals surface area contributed by atoms with Crippen LogP contribution < -0.4 is 10.1 Å². The van der Waals surface area contributed by atoms with Gasteiger partial charge in [-0.2, -0.15) is 0 Å². The Kier molecular flexibility index (Phi) is 3.44. The number of benzene rings is 1. The van der Waals surface area contributed by atoms with Gasteiger partial charge in [0.1, 0.15) is 11.6 Å². The van der Waals surface area contributed by atoms with E-state index in [1.54, 1.807) is 0 Å². The Morgan fingerprint density at radius 3 is 3.00 bits per heavy atom. The van der Waals surface area contributed by atoms with Crippen molar-refractivity contribution in [2.45, 2.75) is 13.8 Å². The fourth-order valence-electron chi connectivity index (χ4n) is 1.59. The highest BCUT2D eigenvalue weighted by molar-refractivity contribution is 6.00. The first-order valence-corrected chi connectivity index (χ1v) is 5.77. The van der Waals surface area contributed by atoms with Gasteiger partial charge in [0.25, 0.3) is 0 Å². The van der Waals surface area contributed by atoms with Crippen molar-refractivity contribution in [1.29, 1.82) is 0 Å². The summed E-state index contributed by atoms with van der Waals surface area (Å²) in [6.45, 7) is 6.85. The molecular weight excluding hydrogens is 200 g/mol. The minimum absolute atomic E-state index is 0.547. The van der Waals surface area contributed by atoms with Crippen LogP contribution in [0.5, 0.6) is 5.75 Å². The van der Waals surface area contributed by atoms with E-state index in [-0.39, 0.29) is 0 Å². The summed E-state index contributed by atoms with van der Waals surface area (Å²) in [4.78, 5) is 4.39. The van der Waals surface area contributed by atoms with Gasteiger partial charge in [-0.1, -0.05) is 26.0 Å². The summed E-state index contributed by atoms with van der Waals surface area (Å²) >= 11 is 0. The van der Waals surface area contributed by atoms with E-state index < -0.39 is 0 Å². The predicted octanol–water partition coefficient (Wildman–Crippen LogP) is 2.07. The molecule has 3 nitrogen and oxygen atoms in total. The summed E-state index contributed by atoms with van der Waals surface area (Å²) in [6, 6.07) is 8.09. The topological polar surface area (TPSA) is 33.6 Å². The van der Waals surface area contributed by atoms with Crippen LogP contribution in [0.1, 0.15) is 19.4 Å². The Labute approximate surface area is 96.5 Å². The number of nitrogens with one attached hydrogen (secondary N) is 1. The van der Waals surface area contributed by atoms with Gasteiger partial charge in [0.2, 0.25) is 0 Å². The lowest BCUT2D eigenvalue weighted by molar-refractivity contribution is 0.271. The van der Waals surface area contributed by atoms with Crippen LogP contribution in [-0.4, -0.2) is 25.5 Å². The molecule has 2 rings (SSSR count). The third-order valence-corrected chi connectivity index (χ3v) is 2.36. The second kappa shape index (κ2) is 5.01. The first-order chi connectivity index (χ1) is 7.75. The Morgan fingerprint density at radius 2 is 2.31 bits per heavy atom. The van der Waals surface area contributed by atoms with E-state index in [1.807, 2.05) is 18.2 Å². The van der Waals surface area contributed by atoms with Crippen LogP contribution in [0, 0.1) is 5.92 Å². The molecule has 1 aromatic rings. The van der Waals surface area contributed by atoms with Gasteiger partial charge in [-0.3, -0.25) is 4.99 Å². The van der Waals surface area contributed by atoms with Crippen LogP contribution in [0.25, 0.3) is 0 Å². The van der Waals surface area contributed by atoms with Gasteiger partial charge < -0.3 is 10.1 Å². The minimum atomic E-state index is 0.547. The molecule has 1 aliphatic rings. The number of hydrogen-bond acceptors (Lipinski definition) is 3. The zero-order chi connectivity index (χ0) is 11.4. The van der Waals surface area contributed by atoms with Crippen LogP contribution >= 0.6 is 0 Å². The van der Waals surface area contributed by atoms with Gasteiger partial charge in [-0.15, -0.1) is 0 Å². The highest BCUT2D eigenvalue weighted by Crippen LogP contribution is 2.15. The first-order valence-electron chi connectivity index (χ1n) is 5.77. The molecule has 0 fully saturated rings. The van der Waals surface area contributed by atoms with Crippen LogP contribution in [-0.2, 0) is 0 Å². The lowest BCUT2D eigenvalue weighted by Crippen LogP contribution is -2.19. The molecule has 0 atom stereocenters. The van der Waals surface area contributed by atoms with Crippen LogP contribution in [0.4, 0.5) is 0 Å². The van der Waals surface area contributed by atoms with Crippen molar-refractivity contribution in [3.8, 4) is 5.75 Å². The van der Waals surface area contributed by atoms with Crippen molar-refractivity contribution in [2.24, 2.45) is 10.9 Å².